The Hall–Kier alpha value is -4.44. The lowest BCUT2D eigenvalue weighted by molar-refractivity contribution is -0.113. The molecule has 1 aromatic heterocycles. The first-order chi connectivity index (χ1) is 20.9. The van der Waals surface area contributed by atoms with Crippen LogP contribution in [0.3, 0.4) is 0 Å². The molecule has 4 aromatic rings. The van der Waals surface area contributed by atoms with Crippen molar-refractivity contribution < 1.29 is 19.0 Å². The topological polar surface area (TPSA) is 99.5 Å². The number of ether oxygens (including phenoxy) is 3. The zero-order valence-corrected chi connectivity index (χ0v) is 26.0. The maximum Gasteiger partial charge on any atom is 0.255 e. The van der Waals surface area contributed by atoms with Crippen molar-refractivity contribution in [3.63, 3.8) is 0 Å². The number of carbonyl (C=O) groups excluding carboxylic acids is 1. The molecule has 1 unspecified atom stereocenters. The normalized spacial score (nSPS) is 14.1. The maximum absolute atomic E-state index is 14.0. The van der Waals surface area contributed by atoms with E-state index < -0.39 is 6.04 Å². The average Bonchev–Trinajstić information content (AvgIpc) is 3.42. The van der Waals surface area contributed by atoms with Gasteiger partial charge in [0.1, 0.15) is 18.4 Å². The summed E-state index contributed by atoms with van der Waals surface area (Å²) in [4.78, 5) is 18.8. The molecule has 0 fully saturated rings. The smallest absolute Gasteiger partial charge is 0.255 e. The van der Waals surface area contributed by atoms with Crippen molar-refractivity contribution in [2.75, 3.05) is 30.1 Å². The number of methoxy groups -OCH3 is 1. The van der Waals surface area contributed by atoms with Crippen molar-refractivity contribution in [1.29, 1.82) is 0 Å². The number of rotatable bonds is 12. The van der Waals surface area contributed by atoms with Crippen LogP contribution >= 0.6 is 11.8 Å². The molecule has 1 atom stereocenters. The van der Waals surface area contributed by atoms with Gasteiger partial charge in [0, 0.05) is 11.4 Å². The van der Waals surface area contributed by atoms with Gasteiger partial charge in [-0.3, -0.25) is 4.79 Å². The van der Waals surface area contributed by atoms with Crippen LogP contribution in [0, 0.1) is 6.92 Å². The zero-order chi connectivity index (χ0) is 30.3. The molecular formula is C33H37N5O4S. The first-order valence-electron chi connectivity index (χ1n) is 14.4. The lowest BCUT2D eigenvalue weighted by Crippen LogP contribution is -2.31. The Morgan fingerprint density at radius 2 is 1.79 bits per heavy atom. The number of thioether (sulfide) groups is 1. The van der Waals surface area contributed by atoms with Crippen molar-refractivity contribution >= 4 is 29.3 Å². The molecule has 2 N–H and O–H groups in total. The molecule has 9 nitrogen and oxygen atoms in total. The molecule has 2 heterocycles. The molecule has 0 spiro atoms. The number of aryl methyl sites for hydroxylation is 1. The Morgan fingerprint density at radius 1 is 1.00 bits per heavy atom. The lowest BCUT2D eigenvalue weighted by Gasteiger charge is -2.29. The van der Waals surface area contributed by atoms with Gasteiger partial charge >= 0.3 is 0 Å². The van der Waals surface area contributed by atoms with E-state index in [1.165, 1.54) is 0 Å². The molecule has 1 amide bonds. The molecule has 1 aliphatic rings. The van der Waals surface area contributed by atoms with Gasteiger partial charge in [-0.25, -0.2) is 4.68 Å². The van der Waals surface area contributed by atoms with Crippen LogP contribution in [0.1, 0.15) is 49.9 Å². The van der Waals surface area contributed by atoms with Crippen LogP contribution in [0.2, 0.25) is 0 Å². The summed E-state index contributed by atoms with van der Waals surface area (Å²) in [6, 6.07) is 20.7. The summed E-state index contributed by atoms with van der Waals surface area (Å²) in [6.07, 6.45) is 0.997. The highest BCUT2D eigenvalue weighted by Crippen LogP contribution is 2.40. The minimum atomic E-state index is -0.571. The molecule has 0 saturated heterocycles. The summed E-state index contributed by atoms with van der Waals surface area (Å²) in [5.74, 6) is 2.97. The molecule has 1 aliphatic heterocycles. The summed E-state index contributed by atoms with van der Waals surface area (Å²) in [5, 5.41) is 11.8. The third kappa shape index (κ3) is 6.64. The van der Waals surface area contributed by atoms with Crippen molar-refractivity contribution in [3.8, 4) is 17.2 Å². The molecule has 0 bridgehead atoms. The zero-order valence-electron chi connectivity index (χ0n) is 25.1. The fourth-order valence-electron chi connectivity index (χ4n) is 4.93. The van der Waals surface area contributed by atoms with E-state index >= 15 is 0 Å². The van der Waals surface area contributed by atoms with E-state index in [1.807, 2.05) is 74.5 Å². The number of aromatic nitrogens is 3. The van der Waals surface area contributed by atoms with Crippen LogP contribution in [0.4, 0.5) is 11.6 Å². The number of benzene rings is 3. The van der Waals surface area contributed by atoms with Gasteiger partial charge in [-0.1, -0.05) is 61.2 Å². The van der Waals surface area contributed by atoms with Gasteiger partial charge in [0.15, 0.2) is 11.5 Å². The summed E-state index contributed by atoms with van der Waals surface area (Å²) in [6.45, 7) is 8.86. The number of carbonyl (C=O) groups is 1. The molecule has 5 rings (SSSR count). The summed E-state index contributed by atoms with van der Waals surface area (Å²) >= 11 is 1.58. The third-order valence-electron chi connectivity index (χ3n) is 7.10. The van der Waals surface area contributed by atoms with E-state index in [1.54, 1.807) is 23.6 Å². The quantitative estimate of drug-likeness (QED) is 0.168. The second-order valence-electron chi connectivity index (χ2n) is 10.1. The largest absolute Gasteiger partial charge is 0.493 e. The van der Waals surface area contributed by atoms with Crippen molar-refractivity contribution in [2.45, 2.75) is 51.9 Å². The van der Waals surface area contributed by atoms with Gasteiger partial charge in [-0.2, -0.15) is 4.98 Å². The monoisotopic (exact) mass is 599 g/mol. The van der Waals surface area contributed by atoms with E-state index in [2.05, 4.69) is 30.5 Å². The Bertz CT molecular complexity index is 1630. The SMILES string of the molecule is CCCSc1nc2n(n1)C(c1ccc(OCc3ccccc3C)c(OC)c1)C(C(=O)Nc1ccccc1OCC)=C(C)N2. The third-order valence-corrected chi connectivity index (χ3v) is 8.14. The van der Waals surface area contributed by atoms with Crippen LogP contribution < -0.4 is 24.8 Å². The number of allylic oxidation sites excluding steroid dienone is 1. The number of hydrogen-bond acceptors (Lipinski definition) is 8. The van der Waals surface area contributed by atoms with Crippen molar-refractivity contribution in [2.24, 2.45) is 0 Å². The second kappa shape index (κ2) is 13.7. The maximum atomic E-state index is 14.0. The number of para-hydroxylation sites is 2. The van der Waals surface area contributed by atoms with E-state index in [9.17, 15) is 4.79 Å². The molecule has 0 radical (unpaired) electrons. The average molecular weight is 600 g/mol. The van der Waals surface area contributed by atoms with Gasteiger partial charge in [-0.05, 0) is 68.1 Å². The van der Waals surface area contributed by atoms with Gasteiger partial charge in [0.2, 0.25) is 11.1 Å². The number of fused-ring (bicyclic) bond motifs is 1. The van der Waals surface area contributed by atoms with Crippen molar-refractivity contribution in [3.05, 3.63) is 94.7 Å². The molecular weight excluding hydrogens is 562 g/mol. The Morgan fingerprint density at radius 3 is 2.56 bits per heavy atom. The van der Waals surface area contributed by atoms with Crippen LogP contribution in [0.25, 0.3) is 0 Å². The minimum Gasteiger partial charge on any atom is -0.493 e. The second-order valence-corrected chi connectivity index (χ2v) is 11.1. The highest BCUT2D eigenvalue weighted by molar-refractivity contribution is 7.99. The highest BCUT2D eigenvalue weighted by atomic mass is 32.2. The van der Waals surface area contributed by atoms with Gasteiger partial charge in [0.25, 0.3) is 5.91 Å². The van der Waals surface area contributed by atoms with E-state index in [-0.39, 0.29) is 5.91 Å². The first-order valence-corrected chi connectivity index (χ1v) is 15.4. The molecule has 0 saturated carbocycles. The van der Waals surface area contributed by atoms with E-state index in [4.69, 9.17) is 24.3 Å². The highest BCUT2D eigenvalue weighted by Gasteiger charge is 2.35. The van der Waals surface area contributed by atoms with Crippen LogP contribution in [0.5, 0.6) is 17.2 Å². The molecule has 43 heavy (non-hydrogen) atoms. The van der Waals surface area contributed by atoms with Crippen molar-refractivity contribution in [1.82, 2.24) is 14.8 Å². The minimum absolute atomic E-state index is 0.273. The summed E-state index contributed by atoms with van der Waals surface area (Å²) < 4.78 is 19.5. The summed E-state index contributed by atoms with van der Waals surface area (Å²) in [5.41, 5.74) is 4.84. The van der Waals surface area contributed by atoms with Crippen LogP contribution in [-0.4, -0.2) is 40.1 Å². The first kappa shape index (κ1) is 30.0. The van der Waals surface area contributed by atoms with Gasteiger partial charge in [-0.15, -0.1) is 5.10 Å². The standard InChI is InChI=1S/C33H37N5O4S/c1-6-18-43-33-36-32-34-22(4)29(31(39)35-25-14-10-11-15-26(25)41-7-2)30(38(32)37-33)23-16-17-27(28(19-23)40-5)42-20-24-13-9-8-12-21(24)3/h8-17,19,30H,6-7,18,20H2,1-5H3,(H,35,39)(H,34,36,37). The van der Waals surface area contributed by atoms with Crippen LogP contribution in [-0.2, 0) is 11.4 Å². The predicted octanol–water partition coefficient (Wildman–Crippen LogP) is 7.00. The van der Waals surface area contributed by atoms with E-state index in [0.29, 0.717) is 58.5 Å². The van der Waals surface area contributed by atoms with Gasteiger partial charge in [0.05, 0.1) is 25.0 Å². The molecule has 0 aliphatic carbocycles. The lowest BCUT2D eigenvalue weighted by atomic mass is 9.94. The summed E-state index contributed by atoms with van der Waals surface area (Å²) in [7, 11) is 1.61. The van der Waals surface area contributed by atoms with Crippen LogP contribution in [0.15, 0.2) is 83.2 Å². The molecule has 10 heteroatoms. The number of anilines is 2. The fraction of sp³-hybridized carbons (Fsp3) is 0.303. The molecule has 3 aromatic carbocycles. The number of amides is 1. The Kier molecular flexibility index (Phi) is 9.56. The number of nitrogens with zero attached hydrogens (tertiary/aromatic N) is 3. The Labute approximate surface area is 256 Å². The molecule has 224 valence electrons. The van der Waals surface area contributed by atoms with Gasteiger partial charge < -0.3 is 24.8 Å². The number of nitrogens with one attached hydrogen (secondary N) is 2. The number of hydrogen-bond donors (Lipinski definition) is 2. The van der Waals surface area contributed by atoms with E-state index in [0.717, 1.165) is 28.9 Å². The Balaban J connectivity index is 1.52. The fourth-order valence-corrected chi connectivity index (χ4v) is 5.61. The predicted molar refractivity (Wildman–Crippen MR) is 170 cm³/mol.